The highest BCUT2D eigenvalue weighted by Crippen LogP contribution is 2.22. The predicted molar refractivity (Wildman–Crippen MR) is 72.8 cm³/mol. The van der Waals surface area contributed by atoms with Gasteiger partial charge in [0.05, 0.1) is 5.69 Å². The molecule has 0 saturated carbocycles. The number of H-pyrrole nitrogens is 1. The van der Waals surface area contributed by atoms with Crippen LogP contribution in [0.1, 0.15) is 18.2 Å². The summed E-state index contributed by atoms with van der Waals surface area (Å²) in [6.45, 7) is 4.20. The van der Waals surface area contributed by atoms with Crippen LogP contribution in [-0.4, -0.2) is 9.55 Å². The molecule has 1 aromatic carbocycles. The lowest BCUT2D eigenvalue weighted by Gasteiger charge is -2.11. The molecular weight excluding hydrogens is 284 g/mol. The van der Waals surface area contributed by atoms with Gasteiger partial charge in [-0.1, -0.05) is 22.9 Å². The molecule has 0 aliphatic rings. The summed E-state index contributed by atoms with van der Waals surface area (Å²) < 4.78 is 3.92. The molecule has 0 saturated heterocycles. The molecule has 0 atom stereocenters. The fraction of sp³-hybridized carbons (Fsp3) is 0.250. The van der Waals surface area contributed by atoms with E-state index < -0.39 is 0 Å². The molecule has 0 fully saturated rings. The maximum Gasteiger partial charge on any atom is 0.182 e. The van der Waals surface area contributed by atoms with Crippen LogP contribution in [0.3, 0.4) is 0 Å². The normalized spacial score (nSPS) is 10.7. The number of imidazole rings is 1. The molecule has 1 heterocycles. The Kier molecular flexibility index (Phi) is 3.30. The Hall–Kier alpha value is -0.870. The van der Waals surface area contributed by atoms with Crippen LogP contribution in [0.5, 0.6) is 0 Å². The van der Waals surface area contributed by atoms with Crippen LogP contribution in [0.15, 0.2) is 28.9 Å². The summed E-state index contributed by atoms with van der Waals surface area (Å²) >= 11 is 8.79. The van der Waals surface area contributed by atoms with Gasteiger partial charge >= 0.3 is 0 Å². The number of aromatic amines is 1. The molecule has 16 heavy (non-hydrogen) atoms. The van der Waals surface area contributed by atoms with Crippen molar-refractivity contribution in [1.82, 2.24) is 9.55 Å². The summed E-state index contributed by atoms with van der Waals surface area (Å²) in [7, 11) is 0. The van der Waals surface area contributed by atoms with E-state index in [9.17, 15) is 0 Å². The Labute approximate surface area is 108 Å². The van der Waals surface area contributed by atoms with Gasteiger partial charge in [0.25, 0.3) is 0 Å². The van der Waals surface area contributed by atoms with E-state index in [0.29, 0.717) is 0 Å². The Bertz CT molecular complexity index is 569. The average Bonchev–Trinajstić information content (AvgIpc) is 2.59. The van der Waals surface area contributed by atoms with Gasteiger partial charge < -0.3 is 4.98 Å². The van der Waals surface area contributed by atoms with Gasteiger partial charge in [-0.3, -0.25) is 4.57 Å². The van der Waals surface area contributed by atoms with Gasteiger partial charge in [0.1, 0.15) is 0 Å². The van der Waals surface area contributed by atoms with Gasteiger partial charge in [0, 0.05) is 16.4 Å². The average molecular weight is 297 g/mol. The van der Waals surface area contributed by atoms with Crippen molar-refractivity contribution in [3.05, 3.63) is 44.9 Å². The van der Waals surface area contributed by atoms with Crippen LogP contribution in [0.4, 0.5) is 0 Å². The third-order valence-electron chi connectivity index (χ3n) is 2.62. The number of hydrogen-bond acceptors (Lipinski definition) is 1. The summed E-state index contributed by atoms with van der Waals surface area (Å²) in [5, 5.41) is 0. The van der Waals surface area contributed by atoms with E-state index in [1.54, 1.807) is 0 Å². The topological polar surface area (TPSA) is 20.7 Å². The van der Waals surface area contributed by atoms with Crippen LogP contribution in [-0.2, 0) is 6.42 Å². The molecule has 0 bridgehead atoms. The molecule has 0 unspecified atom stereocenters. The molecule has 84 valence electrons. The van der Waals surface area contributed by atoms with E-state index in [0.717, 1.165) is 27.0 Å². The standard InChI is InChI=1S/C12H13BrN2S/c1-3-9-6-10(13)4-5-11(9)15-8(2)7-14-12(15)16/h4-7H,3H2,1-2H3,(H,14,16). The highest BCUT2D eigenvalue weighted by molar-refractivity contribution is 9.10. The quantitative estimate of drug-likeness (QED) is 0.825. The van der Waals surface area contributed by atoms with Gasteiger partial charge in [-0.25, -0.2) is 0 Å². The molecule has 0 amide bonds. The summed E-state index contributed by atoms with van der Waals surface area (Å²) in [5.74, 6) is 0. The molecule has 1 N–H and O–H groups in total. The molecule has 0 aliphatic carbocycles. The van der Waals surface area contributed by atoms with E-state index in [1.165, 1.54) is 5.56 Å². The monoisotopic (exact) mass is 296 g/mol. The molecule has 0 radical (unpaired) electrons. The minimum Gasteiger partial charge on any atom is -0.337 e. The van der Waals surface area contributed by atoms with Crippen molar-refractivity contribution in [3.8, 4) is 5.69 Å². The van der Waals surface area contributed by atoms with Crippen LogP contribution < -0.4 is 0 Å². The minimum absolute atomic E-state index is 0.745. The second kappa shape index (κ2) is 4.55. The van der Waals surface area contributed by atoms with Gasteiger partial charge in [-0.05, 0) is 49.3 Å². The molecule has 1 aromatic heterocycles. The zero-order chi connectivity index (χ0) is 11.7. The van der Waals surface area contributed by atoms with Gasteiger partial charge in [0.2, 0.25) is 0 Å². The molecule has 2 aromatic rings. The molecule has 0 aliphatic heterocycles. The smallest absolute Gasteiger partial charge is 0.182 e. The van der Waals surface area contributed by atoms with Gasteiger partial charge in [-0.2, -0.15) is 0 Å². The van der Waals surface area contributed by atoms with Crippen molar-refractivity contribution in [2.45, 2.75) is 20.3 Å². The number of halogens is 1. The lowest BCUT2D eigenvalue weighted by atomic mass is 10.1. The van der Waals surface area contributed by atoms with Crippen molar-refractivity contribution in [1.29, 1.82) is 0 Å². The SMILES string of the molecule is CCc1cc(Br)ccc1-n1c(C)c[nH]c1=S. The lowest BCUT2D eigenvalue weighted by molar-refractivity contribution is 0.951. The Morgan fingerprint density at radius 1 is 1.44 bits per heavy atom. The van der Waals surface area contributed by atoms with E-state index in [4.69, 9.17) is 12.2 Å². The van der Waals surface area contributed by atoms with E-state index in [2.05, 4.69) is 44.5 Å². The Morgan fingerprint density at radius 3 is 2.75 bits per heavy atom. The van der Waals surface area contributed by atoms with Crippen LogP contribution >= 0.6 is 28.1 Å². The van der Waals surface area contributed by atoms with Crippen LogP contribution in [0, 0.1) is 11.7 Å². The summed E-state index contributed by atoms with van der Waals surface area (Å²) in [6.07, 6.45) is 2.92. The number of nitrogens with zero attached hydrogens (tertiary/aromatic N) is 1. The number of aromatic nitrogens is 2. The lowest BCUT2D eigenvalue weighted by Crippen LogP contribution is -2.00. The zero-order valence-electron chi connectivity index (χ0n) is 9.25. The largest absolute Gasteiger partial charge is 0.337 e. The number of nitrogens with one attached hydrogen (secondary N) is 1. The maximum absolute atomic E-state index is 5.29. The zero-order valence-corrected chi connectivity index (χ0v) is 11.7. The third-order valence-corrected chi connectivity index (χ3v) is 3.42. The summed E-state index contributed by atoms with van der Waals surface area (Å²) in [6, 6.07) is 6.28. The summed E-state index contributed by atoms with van der Waals surface area (Å²) in [4.78, 5) is 3.07. The Morgan fingerprint density at radius 2 is 2.19 bits per heavy atom. The third kappa shape index (κ3) is 1.99. The predicted octanol–water partition coefficient (Wildman–Crippen LogP) is 4.17. The van der Waals surface area contributed by atoms with Gasteiger partial charge in [-0.15, -0.1) is 0 Å². The second-order valence-electron chi connectivity index (χ2n) is 3.70. The highest BCUT2D eigenvalue weighted by Gasteiger charge is 2.07. The molecule has 2 rings (SSSR count). The number of aryl methyl sites for hydroxylation is 2. The van der Waals surface area contributed by atoms with E-state index >= 15 is 0 Å². The highest BCUT2D eigenvalue weighted by atomic mass is 79.9. The van der Waals surface area contributed by atoms with Crippen LogP contribution in [0.2, 0.25) is 0 Å². The summed E-state index contributed by atoms with van der Waals surface area (Å²) in [5.41, 5.74) is 3.57. The first-order valence-electron chi connectivity index (χ1n) is 5.19. The molecule has 0 spiro atoms. The number of hydrogen-bond donors (Lipinski definition) is 1. The van der Waals surface area contributed by atoms with Gasteiger partial charge in [0.15, 0.2) is 4.77 Å². The molecule has 2 nitrogen and oxygen atoms in total. The van der Waals surface area contributed by atoms with Crippen molar-refractivity contribution in [2.75, 3.05) is 0 Å². The van der Waals surface area contributed by atoms with E-state index in [1.807, 2.05) is 19.2 Å². The van der Waals surface area contributed by atoms with Crippen molar-refractivity contribution >= 4 is 28.1 Å². The van der Waals surface area contributed by atoms with Crippen molar-refractivity contribution in [3.63, 3.8) is 0 Å². The number of rotatable bonds is 2. The van der Waals surface area contributed by atoms with Crippen molar-refractivity contribution in [2.24, 2.45) is 0 Å². The fourth-order valence-electron chi connectivity index (χ4n) is 1.81. The second-order valence-corrected chi connectivity index (χ2v) is 5.00. The fourth-order valence-corrected chi connectivity index (χ4v) is 2.52. The molecular formula is C12H13BrN2S. The maximum atomic E-state index is 5.29. The number of benzene rings is 1. The Balaban J connectivity index is 2.69. The first kappa shape index (κ1) is 11.6. The molecule has 4 heteroatoms. The van der Waals surface area contributed by atoms with Crippen LogP contribution in [0.25, 0.3) is 5.69 Å². The first-order chi connectivity index (χ1) is 7.63. The van der Waals surface area contributed by atoms with E-state index in [-0.39, 0.29) is 0 Å². The van der Waals surface area contributed by atoms with Crippen molar-refractivity contribution < 1.29 is 0 Å². The minimum atomic E-state index is 0.745. The first-order valence-corrected chi connectivity index (χ1v) is 6.39.